The minimum Gasteiger partial charge on any atom is -0.440 e. The molecule has 18 heavy (non-hydrogen) atoms. The van der Waals surface area contributed by atoms with Gasteiger partial charge in [-0.05, 0) is 30.0 Å². The third-order valence-corrected chi connectivity index (χ3v) is 2.90. The predicted molar refractivity (Wildman–Crippen MR) is 56.8 cm³/mol. The lowest BCUT2D eigenvalue weighted by atomic mass is 10.1. The second-order valence-electron chi connectivity index (χ2n) is 3.22. The summed E-state index contributed by atoms with van der Waals surface area (Å²) < 4.78 is 42.6. The fourth-order valence-corrected chi connectivity index (χ4v) is 2.02. The maximum absolute atomic E-state index is 12.6. The molecule has 0 saturated carbocycles. The van der Waals surface area contributed by atoms with Gasteiger partial charge in [-0.25, -0.2) is 4.98 Å². The quantitative estimate of drug-likeness (QED) is 0.834. The van der Waals surface area contributed by atoms with Crippen molar-refractivity contribution in [3.05, 3.63) is 41.8 Å². The van der Waals surface area contributed by atoms with Crippen molar-refractivity contribution >= 4 is 11.8 Å². The van der Waals surface area contributed by atoms with E-state index >= 15 is 0 Å². The Hall–Kier alpha value is -1.94. The largest absolute Gasteiger partial charge is 0.440 e. The highest BCUT2D eigenvalue weighted by Crippen LogP contribution is 2.35. The monoisotopic (exact) mass is 270 g/mol. The molecule has 0 amide bonds. The lowest BCUT2D eigenvalue weighted by Crippen LogP contribution is -2.07. The Morgan fingerprint density at radius 3 is 2.67 bits per heavy atom. The van der Waals surface area contributed by atoms with Gasteiger partial charge in [0.25, 0.3) is 5.22 Å². The molecule has 0 fully saturated rings. The average molecular weight is 270 g/mol. The van der Waals surface area contributed by atoms with Crippen molar-refractivity contribution < 1.29 is 17.6 Å². The summed E-state index contributed by atoms with van der Waals surface area (Å²) in [6, 6.07) is 4.86. The van der Waals surface area contributed by atoms with Gasteiger partial charge in [-0.2, -0.15) is 18.4 Å². The number of alkyl halides is 3. The molecule has 0 spiro atoms. The minimum atomic E-state index is -4.53. The van der Waals surface area contributed by atoms with Crippen LogP contribution in [0.15, 0.2) is 45.2 Å². The van der Waals surface area contributed by atoms with Crippen LogP contribution in [0, 0.1) is 11.3 Å². The van der Waals surface area contributed by atoms with E-state index in [0.717, 1.165) is 23.9 Å². The van der Waals surface area contributed by atoms with Gasteiger partial charge in [-0.1, -0.05) is 0 Å². The fourth-order valence-electron chi connectivity index (χ4n) is 1.29. The molecule has 3 nitrogen and oxygen atoms in total. The van der Waals surface area contributed by atoms with Crippen molar-refractivity contribution in [2.24, 2.45) is 0 Å². The summed E-state index contributed by atoms with van der Waals surface area (Å²) in [7, 11) is 0. The molecule has 2 aromatic rings. The van der Waals surface area contributed by atoms with Crippen LogP contribution in [0.4, 0.5) is 13.2 Å². The van der Waals surface area contributed by atoms with Gasteiger partial charge in [0.2, 0.25) is 0 Å². The summed E-state index contributed by atoms with van der Waals surface area (Å²) in [4.78, 5) is 4.29. The first-order valence-corrected chi connectivity index (χ1v) is 5.51. The van der Waals surface area contributed by atoms with Crippen molar-refractivity contribution in [1.29, 1.82) is 5.26 Å². The van der Waals surface area contributed by atoms with Crippen LogP contribution in [0.25, 0.3) is 0 Å². The highest BCUT2D eigenvalue weighted by molar-refractivity contribution is 7.99. The van der Waals surface area contributed by atoms with Crippen molar-refractivity contribution in [1.82, 2.24) is 4.98 Å². The lowest BCUT2D eigenvalue weighted by Gasteiger charge is -2.09. The molecular weight excluding hydrogens is 265 g/mol. The fraction of sp³-hybridized carbons (Fsp3) is 0.0909. The average Bonchev–Trinajstić information content (AvgIpc) is 2.80. The smallest absolute Gasteiger partial charge is 0.417 e. The van der Waals surface area contributed by atoms with E-state index in [1.54, 1.807) is 0 Å². The third-order valence-electron chi connectivity index (χ3n) is 2.03. The van der Waals surface area contributed by atoms with Gasteiger partial charge in [0.1, 0.15) is 6.26 Å². The summed E-state index contributed by atoms with van der Waals surface area (Å²) in [5, 5.41) is 9.04. The molecule has 2 rings (SSSR count). The Balaban J connectivity index is 2.34. The van der Waals surface area contributed by atoms with Crippen LogP contribution >= 0.6 is 11.8 Å². The van der Waals surface area contributed by atoms with Crippen molar-refractivity contribution in [2.75, 3.05) is 0 Å². The molecule has 1 aromatic heterocycles. The zero-order chi connectivity index (χ0) is 13.2. The van der Waals surface area contributed by atoms with Crippen LogP contribution < -0.4 is 0 Å². The Kier molecular flexibility index (Phi) is 3.30. The number of nitrogens with zero attached hydrogens (tertiary/aromatic N) is 2. The van der Waals surface area contributed by atoms with Gasteiger partial charge >= 0.3 is 6.18 Å². The van der Waals surface area contributed by atoms with Crippen LogP contribution in [-0.4, -0.2) is 4.98 Å². The van der Waals surface area contributed by atoms with Gasteiger partial charge in [-0.15, -0.1) is 0 Å². The highest BCUT2D eigenvalue weighted by Gasteiger charge is 2.33. The van der Waals surface area contributed by atoms with Crippen molar-refractivity contribution in [3.63, 3.8) is 0 Å². The van der Waals surface area contributed by atoms with E-state index in [1.807, 2.05) is 0 Å². The lowest BCUT2D eigenvalue weighted by molar-refractivity contribution is -0.137. The zero-order valence-electron chi connectivity index (χ0n) is 8.73. The van der Waals surface area contributed by atoms with E-state index in [4.69, 9.17) is 9.68 Å². The number of aromatic nitrogens is 1. The number of rotatable bonds is 2. The number of hydrogen-bond donors (Lipinski definition) is 0. The molecule has 7 heteroatoms. The molecule has 92 valence electrons. The summed E-state index contributed by atoms with van der Waals surface area (Å²) in [6.45, 7) is 0. The van der Waals surface area contributed by atoms with E-state index in [2.05, 4.69) is 4.98 Å². The van der Waals surface area contributed by atoms with E-state index < -0.39 is 17.3 Å². The van der Waals surface area contributed by atoms with Crippen LogP contribution in [0.3, 0.4) is 0 Å². The Labute approximate surface area is 104 Å². The van der Waals surface area contributed by atoms with Gasteiger partial charge in [-0.3, -0.25) is 0 Å². The summed E-state index contributed by atoms with van der Waals surface area (Å²) in [5.41, 5.74) is -1.36. The van der Waals surface area contributed by atoms with Crippen LogP contribution in [0.5, 0.6) is 0 Å². The maximum atomic E-state index is 12.6. The first kappa shape index (κ1) is 12.5. The summed E-state index contributed by atoms with van der Waals surface area (Å²) >= 11 is 1.05. The standard InChI is InChI=1S/C11H5F3N2OS/c12-11(13,14)9-2-1-8(5-7(9)6-15)18-10-16-3-4-17-10/h1-5H. The Morgan fingerprint density at radius 1 is 1.33 bits per heavy atom. The van der Waals surface area contributed by atoms with Gasteiger partial charge in [0.15, 0.2) is 0 Å². The van der Waals surface area contributed by atoms with Gasteiger partial charge in [0.05, 0.1) is 23.4 Å². The van der Waals surface area contributed by atoms with Gasteiger partial charge < -0.3 is 4.42 Å². The number of benzene rings is 1. The molecule has 0 aliphatic heterocycles. The highest BCUT2D eigenvalue weighted by atomic mass is 32.2. The SMILES string of the molecule is N#Cc1cc(Sc2ncco2)ccc1C(F)(F)F. The topological polar surface area (TPSA) is 49.8 Å². The number of hydrogen-bond acceptors (Lipinski definition) is 4. The minimum absolute atomic E-state index is 0.304. The van der Waals surface area contributed by atoms with E-state index in [1.165, 1.54) is 24.6 Å². The van der Waals surface area contributed by atoms with Crippen LogP contribution in [-0.2, 0) is 6.18 Å². The molecular formula is C11H5F3N2OS. The molecule has 1 heterocycles. The first-order valence-electron chi connectivity index (χ1n) is 4.69. The molecule has 0 atom stereocenters. The number of nitriles is 1. The second kappa shape index (κ2) is 4.74. The second-order valence-corrected chi connectivity index (χ2v) is 4.24. The van der Waals surface area contributed by atoms with Crippen LogP contribution in [0.2, 0.25) is 0 Å². The molecule has 0 saturated heterocycles. The molecule has 0 unspecified atom stereocenters. The summed E-state index contributed by atoms with van der Waals surface area (Å²) in [5.74, 6) is 0. The van der Waals surface area contributed by atoms with Crippen molar-refractivity contribution in [2.45, 2.75) is 16.3 Å². The van der Waals surface area contributed by atoms with E-state index in [-0.39, 0.29) is 0 Å². The van der Waals surface area contributed by atoms with E-state index in [0.29, 0.717) is 10.1 Å². The van der Waals surface area contributed by atoms with Gasteiger partial charge in [0, 0.05) is 4.90 Å². The normalized spacial score (nSPS) is 11.2. The van der Waals surface area contributed by atoms with Crippen LogP contribution in [0.1, 0.15) is 11.1 Å². The maximum Gasteiger partial charge on any atom is 0.417 e. The number of halogens is 3. The number of oxazole rings is 1. The third kappa shape index (κ3) is 2.65. The molecule has 0 aliphatic rings. The zero-order valence-corrected chi connectivity index (χ0v) is 9.55. The Bertz CT molecular complexity index is 587. The first-order chi connectivity index (χ1) is 8.50. The van der Waals surface area contributed by atoms with Crippen molar-refractivity contribution in [3.8, 4) is 6.07 Å². The molecule has 0 aliphatic carbocycles. The predicted octanol–water partition coefficient (Wildman–Crippen LogP) is 3.72. The molecule has 0 N–H and O–H groups in total. The molecule has 1 aromatic carbocycles. The molecule has 0 radical (unpaired) electrons. The Morgan fingerprint density at radius 2 is 2.11 bits per heavy atom. The van der Waals surface area contributed by atoms with E-state index in [9.17, 15) is 13.2 Å². The summed E-state index contributed by atoms with van der Waals surface area (Å²) in [6.07, 6.45) is -1.74. The molecule has 0 bridgehead atoms.